The lowest BCUT2D eigenvalue weighted by molar-refractivity contribution is 0.0918. The van der Waals surface area contributed by atoms with Crippen LogP contribution in [0.25, 0.3) is 0 Å². The third-order valence-electron chi connectivity index (χ3n) is 4.20. The largest absolute Gasteiger partial charge is 0.348 e. The van der Waals surface area contributed by atoms with Gasteiger partial charge in [0.1, 0.15) is 5.69 Å². The van der Waals surface area contributed by atoms with E-state index in [4.69, 9.17) is 0 Å². The van der Waals surface area contributed by atoms with Crippen LogP contribution in [-0.2, 0) is 0 Å². The highest BCUT2D eigenvalue weighted by atomic mass is 16.2. The summed E-state index contributed by atoms with van der Waals surface area (Å²) >= 11 is 0. The fourth-order valence-electron chi connectivity index (χ4n) is 2.72. The summed E-state index contributed by atoms with van der Waals surface area (Å²) in [5.41, 5.74) is 1.67. The molecule has 2 saturated carbocycles. The van der Waals surface area contributed by atoms with Gasteiger partial charge in [0.2, 0.25) is 0 Å². The van der Waals surface area contributed by atoms with Crippen LogP contribution in [-0.4, -0.2) is 22.1 Å². The molecule has 2 aliphatic rings. The molecule has 0 saturated heterocycles. The summed E-state index contributed by atoms with van der Waals surface area (Å²) in [6.07, 6.45) is 7.10. The number of carbonyl (C=O) groups is 1. The minimum absolute atomic E-state index is 0.0160. The maximum absolute atomic E-state index is 12.1. The van der Waals surface area contributed by atoms with E-state index in [1.807, 2.05) is 6.07 Å². The summed E-state index contributed by atoms with van der Waals surface area (Å²) in [6.45, 7) is 2.29. The molecule has 2 fully saturated rings. The van der Waals surface area contributed by atoms with Gasteiger partial charge in [-0.05, 0) is 50.5 Å². The zero-order valence-electron chi connectivity index (χ0n) is 10.9. The molecule has 2 aliphatic carbocycles. The van der Waals surface area contributed by atoms with Crippen molar-refractivity contribution in [1.29, 1.82) is 0 Å². The topological polar surface area (TPSA) is 57.8 Å². The number of hydrogen-bond donors (Lipinski definition) is 2. The van der Waals surface area contributed by atoms with Crippen LogP contribution < -0.4 is 5.32 Å². The van der Waals surface area contributed by atoms with E-state index < -0.39 is 0 Å². The van der Waals surface area contributed by atoms with E-state index in [-0.39, 0.29) is 5.91 Å². The van der Waals surface area contributed by atoms with Crippen molar-refractivity contribution >= 4 is 5.91 Å². The van der Waals surface area contributed by atoms with Gasteiger partial charge in [0.05, 0.1) is 0 Å². The van der Waals surface area contributed by atoms with E-state index in [0.717, 1.165) is 24.5 Å². The Bertz CT molecular complexity index is 428. The summed E-state index contributed by atoms with van der Waals surface area (Å²) in [4.78, 5) is 12.1. The van der Waals surface area contributed by atoms with E-state index in [1.165, 1.54) is 25.7 Å². The monoisotopic (exact) mass is 247 g/mol. The van der Waals surface area contributed by atoms with Crippen LogP contribution in [0.4, 0.5) is 0 Å². The number of nitrogens with one attached hydrogen (secondary N) is 2. The molecule has 1 heterocycles. The zero-order valence-corrected chi connectivity index (χ0v) is 10.9. The number of aromatic nitrogens is 2. The van der Waals surface area contributed by atoms with Crippen molar-refractivity contribution in [3.63, 3.8) is 0 Å². The molecule has 0 spiro atoms. The molecule has 1 aromatic heterocycles. The number of carbonyl (C=O) groups excluding carboxylic acids is 1. The first-order valence-electron chi connectivity index (χ1n) is 7.08. The van der Waals surface area contributed by atoms with Gasteiger partial charge >= 0.3 is 0 Å². The molecule has 0 radical (unpaired) electrons. The van der Waals surface area contributed by atoms with E-state index in [1.54, 1.807) is 0 Å². The predicted molar refractivity (Wildman–Crippen MR) is 69.4 cm³/mol. The normalized spacial score (nSPS) is 28.1. The van der Waals surface area contributed by atoms with Crippen molar-refractivity contribution in [1.82, 2.24) is 15.5 Å². The first-order valence-corrected chi connectivity index (χ1v) is 7.08. The summed E-state index contributed by atoms with van der Waals surface area (Å²) < 4.78 is 0. The Kier molecular flexibility index (Phi) is 3.10. The summed E-state index contributed by atoms with van der Waals surface area (Å²) in [7, 11) is 0. The van der Waals surface area contributed by atoms with Crippen LogP contribution in [0.5, 0.6) is 0 Å². The van der Waals surface area contributed by atoms with E-state index in [2.05, 4.69) is 22.4 Å². The molecule has 0 unspecified atom stereocenters. The summed E-state index contributed by atoms with van der Waals surface area (Å²) in [5, 5.41) is 10.2. The standard InChI is InChI=1S/C14H21N3O/c1-9-2-6-11(7-3-9)15-14(18)13-8-12(16-17-13)10-4-5-10/h8-11H,2-7H2,1H3,(H,15,18)(H,16,17). The lowest BCUT2D eigenvalue weighted by Crippen LogP contribution is -2.37. The Balaban J connectivity index is 1.56. The van der Waals surface area contributed by atoms with Crippen LogP contribution >= 0.6 is 0 Å². The SMILES string of the molecule is CC1CCC(NC(=O)c2cc(C3CC3)[nH]n2)CC1. The van der Waals surface area contributed by atoms with Gasteiger partial charge in [-0.25, -0.2) is 0 Å². The molecule has 1 aromatic rings. The van der Waals surface area contributed by atoms with Crippen LogP contribution in [0.1, 0.15) is 67.5 Å². The number of nitrogens with zero attached hydrogens (tertiary/aromatic N) is 1. The van der Waals surface area contributed by atoms with Gasteiger partial charge in [0, 0.05) is 17.7 Å². The predicted octanol–water partition coefficient (Wildman–Crippen LogP) is 2.60. The molecule has 3 rings (SSSR count). The molecular formula is C14H21N3O. The van der Waals surface area contributed by atoms with Crippen molar-refractivity contribution in [2.45, 2.75) is 57.4 Å². The maximum atomic E-state index is 12.1. The van der Waals surface area contributed by atoms with Crippen molar-refractivity contribution in [2.24, 2.45) is 5.92 Å². The third-order valence-corrected chi connectivity index (χ3v) is 4.20. The first kappa shape index (κ1) is 11.8. The average molecular weight is 247 g/mol. The fraction of sp³-hybridized carbons (Fsp3) is 0.714. The number of rotatable bonds is 3. The number of hydrogen-bond acceptors (Lipinski definition) is 2. The number of amides is 1. The minimum Gasteiger partial charge on any atom is -0.348 e. The Morgan fingerprint density at radius 2 is 2.00 bits per heavy atom. The second-order valence-corrected chi connectivity index (χ2v) is 5.91. The summed E-state index contributed by atoms with van der Waals surface area (Å²) in [6, 6.07) is 2.26. The first-order chi connectivity index (χ1) is 8.72. The Labute approximate surface area is 108 Å². The molecule has 0 bridgehead atoms. The minimum atomic E-state index is -0.0160. The van der Waals surface area contributed by atoms with Crippen molar-refractivity contribution in [3.05, 3.63) is 17.5 Å². The molecule has 4 heteroatoms. The molecule has 18 heavy (non-hydrogen) atoms. The molecule has 0 atom stereocenters. The molecule has 4 nitrogen and oxygen atoms in total. The van der Waals surface area contributed by atoms with Gasteiger partial charge in [0.25, 0.3) is 5.91 Å². The van der Waals surface area contributed by atoms with Crippen LogP contribution in [0.2, 0.25) is 0 Å². The highest BCUT2D eigenvalue weighted by Gasteiger charge is 2.27. The Hall–Kier alpha value is -1.32. The molecule has 98 valence electrons. The van der Waals surface area contributed by atoms with E-state index >= 15 is 0 Å². The number of aromatic amines is 1. The van der Waals surface area contributed by atoms with Gasteiger partial charge in [0.15, 0.2) is 0 Å². The van der Waals surface area contributed by atoms with Crippen LogP contribution in [0.3, 0.4) is 0 Å². The highest BCUT2D eigenvalue weighted by Crippen LogP contribution is 2.39. The fourth-order valence-corrected chi connectivity index (χ4v) is 2.72. The van der Waals surface area contributed by atoms with Crippen LogP contribution in [0, 0.1) is 5.92 Å². The lowest BCUT2D eigenvalue weighted by Gasteiger charge is -2.26. The van der Waals surface area contributed by atoms with Gasteiger partial charge in [-0.3, -0.25) is 9.89 Å². The summed E-state index contributed by atoms with van der Waals surface area (Å²) in [5.74, 6) is 1.41. The van der Waals surface area contributed by atoms with Crippen LogP contribution in [0.15, 0.2) is 6.07 Å². The quantitative estimate of drug-likeness (QED) is 0.862. The van der Waals surface area contributed by atoms with Gasteiger partial charge in [-0.1, -0.05) is 6.92 Å². The highest BCUT2D eigenvalue weighted by molar-refractivity contribution is 5.92. The van der Waals surface area contributed by atoms with Crippen molar-refractivity contribution < 1.29 is 4.79 Å². The van der Waals surface area contributed by atoms with Crippen molar-refractivity contribution in [3.8, 4) is 0 Å². The molecule has 2 N–H and O–H groups in total. The van der Waals surface area contributed by atoms with Gasteiger partial charge < -0.3 is 5.32 Å². The van der Waals surface area contributed by atoms with Gasteiger partial charge in [-0.15, -0.1) is 0 Å². The second kappa shape index (κ2) is 4.75. The molecule has 0 aliphatic heterocycles. The lowest BCUT2D eigenvalue weighted by atomic mass is 9.87. The molecular weight excluding hydrogens is 226 g/mol. The Morgan fingerprint density at radius 1 is 1.28 bits per heavy atom. The third kappa shape index (κ3) is 2.57. The second-order valence-electron chi connectivity index (χ2n) is 5.91. The average Bonchev–Trinajstić information content (AvgIpc) is 3.10. The smallest absolute Gasteiger partial charge is 0.271 e. The maximum Gasteiger partial charge on any atom is 0.271 e. The number of H-pyrrole nitrogens is 1. The molecule has 0 aromatic carbocycles. The van der Waals surface area contributed by atoms with Gasteiger partial charge in [-0.2, -0.15) is 5.10 Å². The van der Waals surface area contributed by atoms with E-state index in [0.29, 0.717) is 17.7 Å². The van der Waals surface area contributed by atoms with E-state index in [9.17, 15) is 4.79 Å². The Morgan fingerprint density at radius 3 is 2.67 bits per heavy atom. The molecule has 1 amide bonds. The van der Waals surface area contributed by atoms with Crippen molar-refractivity contribution in [2.75, 3.05) is 0 Å². The zero-order chi connectivity index (χ0) is 12.5.